The first-order chi connectivity index (χ1) is 13.2. The summed E-state index contributed by atoms with van der Waals surface area (Å²) >= 11 is 1.75. The van der Waals surface area contributed by atoms with Gasteiger partial charge in [-0.1, -0.05) is 6.07 Å². The van der Waals surface area contributed by atoms with E-state index in [1.165, 1.54) is 17.7 Å². The summed E-state index contributed by atoms with van der Waals surface area (Å²) in [7, 11) is 0. The lowest BCUT2D eigenvalue weighted by atomic mass is 10.1. The first-order valence-electron chi connectivity index (χ1n) is 9.43. The summed E-state index contributed by atoms with van der Waals surface area (Å²) < 4.78 is 0. The highest BCUT2D eigenvalue weighted by Gasteiger charge is 2.25. The molecular weight excluding hydrogens is 360 g/mol. The fraction of sp³-hybridized carbons (Fsp3) is 0.400. The van der Waals surface area contributed by atoms with E-state index in [0.717, 1.165) is 18.8 Å². The minimum Gasteiger partial charge on any atom is -0.350 e. The molecule has 6 nitrogen and oxygen atoms in total. The number of rotatable bonds is 6. The smallest absolute Gasteiger partial charge is 0.321 e. The van der Waals surface area contributed by atoms with E-state index in [4.69, 9.17) is 0 Å². The van der Waals surface area contributed by atoms with Crippen LogP contribution in [-0.4, -0.2) is 49.6 Å². The van der Waals surface area contributed by atoms with Crippen LogP contribution in [0, 0.1) is 0 Å². The standard InChI is InChI=1S/C20H24N4O2S/c25-19(15-5-7-16(8-6-15)24-12-9-21-20(24)26)22-14-17(18-4-3-13-27-18)23-10-1-2-11-23/h3-8,13,17H,1-2,9-12,14H2,(H,21,26)(H,22,25). The van der Waals surface area contributed by atoms with Crippen molar-refractivity contribution < 1.29 is 9.59 Å². The number of amides is 3. The van der Waals surface area contributed by atoms with Gasteiger partial charge >= 0.3 is 6.03 Å². The van der Waals surface area contributed by atoms with Gasteiger partial charge in [-0.25, -0.2) is 4.79 Å². The van der Waals surface area contributed by atoms with Gasteiger partial charge in [0.15, 0.2) is 0 Å². The van der Waals surface area contributed by atoms with E-state index in [1.54, 1.807) is 28.4 Å². The molecule has 0 bridgehead atoms. The lowest BCUT2D eigenvalue weighted by Crippen LogP contribution is -2.36. The van der Waals surface area contributed by atoms with Crippen molar-refractivity contribution in [3.05, 3.63) is 52.2 Å². The van der Waals surface area contributed by atoms with Crippen LogP contribution in [0.3, 0.4) is 0 Å². The summed E-state index contributed by atoms with van der Waals surface area (Å²) in [5.74, 6) is -0.0758. The molecule has 0 radical (unpaired) electrons. The number of anilines is 1. The van der Waals surface area contributed by atoms with E-state index in [-0.39, 0.29) is 18.0 Å². The first kappa shape index (κ1) is 18.0. The fourth-order valence-corrected chi connectivity index (χ4v) is 4.61. The van der Waals surface area contributed by atoms with E-state index in [0.29, 0.717) is 25.2 Å². The number of benzene rings is 1. The Morgan fingerprint density at radius 2 is 1.93 bits per heavy atom. The minimum absolute atomic E-state index is 0.0758. The van der Waals surface area contributed by atoms with Crippen LogP contribution in [0.25, 0.3) is 0 Å². The Kier molecular flexibility index (Phi) is 5.40. The van der Waals surface area contributed by atoms with Crippen LogP contribution in [0.5, 0.6) is 0 Å². The van der Waals surface area contributed by atoms with Gasteiger partial charge in [-0.2, -0.15) is 0 Å². The maximum Gasteiger partial charge on any atom is 0.321 e. The molecule has 0 spiro atoms. The summed E-state index contributed by atoms with van der Waals surface area (Å²) in [5.41, 5.74) is 1.43. The number of urea groups is 1. The normalized spacial score (nSPS) is 18.5. The molecule has 3 amide bonds. The topological polar surface area (TPSA) is 64.7 Å². The van der Waals surface area contributed by atoms with Gasteiger partial charge in [0.25, 0.3) is 5.91 Å². The molecule has 2 N–H and O–H groups in total. The monoisotopic (exact) mass is 384 g/mol. The van der Waals surface area contributed by atoms with Gasteiger partial charge in [0.2, 0.25) is 0 Å². The van der Waals surface area contributed by atoms with Crippen LogP contribution in [0.4, 0.5) is 10.5 Å². The zero-order valence-corrected chi connectivity index (χ0v) is 16.0. The number of hydrogen-bond acceptors (Lipinski definition) is 4. The van der Waals surface area contributed by atoms with Crippen molar-refractivity contribution in [2.45, 2.75) is 18.9 Å². The van der Waals surface area contributed by atoms with E-state index in [9.17, 15) is 9.59 Å². The van der Waals surface area contributed by atoms with Crippen LogP contribution in [0.2, 0.25) is 0 Å². The Hall–Kier alpha value is -2.38. The lowest BCUT2D eigenvalue weighted by Gasteiger charge is -2.27. The van der Waals surface area contributed by atoms with Crippen LogP contribution < -0.4 is 15.5 Å². The fourth-order valence-electron chi connectivity index (χ4n) is 3.75. The van der Waals surface area contributed by atoms with Crippen LogP contribution in [0.15, 0.2) is 41.8 Å². The minimum atomic E-state index is -0.0865. The summed E-state index contributed by atoms with van der Waals surface area (Å²) in [6.07, 6.45) is 2.45. The average molecular weight is 385 g/mol. The Balaban J connectivity index is 1.39. The van der Waals surface area contributed by atoms with Gasteiger partial charge in [0.05, 0.1) is 6.04 Å². The maximum atomic E-state index is 12.6. The average Bonchev–Trinajstić information content (AvgIpc) is 3.45. The summed E-state index contributed by atoms with van der Waals surface area (Å²) in [4.78, 5) is 29.8. The van der Waals surface area contributed by atoms with Gasteiger partial charge in [-0.05, 0) is 61.6 Å². The molecule has 4 rings (SSSR count). The van der Waals surface area contributed by atoms with Gasteiger partial charge in [0.1, 0.15) is 0 Å². The van der Waals surface area contributed by atoms with Crippen molar-refractivity contribution in [3.63, 3.8) is 0 Å². The highest BCUT2D eigenvalue weighted by molar-refractivity contribution is 7.10. The molecule has 1 unspecified atom stereocenters. The Bertz CT molecular complexity index is 785. The predicted molar refractivity (Wildman–Crippen MR) is 107 cm³/mol. The second-order valence-electron chi connectivity index (χ2n) is 6.91. The molecule has 7 heteroatoms. The molecule has 27 heavy (non-hydrogen) atoms. The third kappa shape index (κ3) is 3.99. The van der Waals surface area contributed by atoms with E-state index in [1.807, 2.05) is 12.1 Å². The van der Waals surface area contributed by atoms with Gasteiger partial charge < -0.3 is 10.6 Å². The Labute approximate surface area is 163 Å². The molecule has 1 aromatic heterocycles. The van der Waals surface area contributed by atoms with Crippen molar-refractivity contribution in [2.24, 2.45) is 0 Å². The Morgan fingerprint density at radius 1 is 1.15 bits per heavy atom. The largest absolute Gasteiger partial charge is 0.350 e. The highest BCUT2D eigenvalue weighted by Crippen LogP contribution is 2.28. The van der Waals surface area contributed by atoms with Gasteiger partial charge in [-0.15, -0.1) is 11.3 Å². The second kappa shape index (κ2) is 8.10. The zero-order valence-electron chi connectivity index (χ0n) is 15.2. The zero-order chi connectivity index (χ0) is 18.6. The summed E-state index contributed by atoms with van der Waals surface area (Å²) in [5, 5.41) is 7.97. The molecule has 2 aliphatic heterocycles. The quantitative estimate of drug-likeness (QED) is 0.805. The van der Waals surface area contributed by atoms with Crippen molar-refractivity contribution in [1.82, 2.24) is 15.5 Å². The molecule has 2 saturated heterocycles. The third-order valence-electron chi connectivity index (χ3n) is 5.21. The molecule has 2 aromatic rings. The number of thiophene rings is 1. The highest BCUT2D eigenvalue weighted by atomic mass is 32.1. The molecule has 0 aliphatic carbocycles. The molecular formula is C20H24N4O2S. The second-order valence-corrected chi connectivity index (χ2v) is 7.89. The van der Waals surface area contributed by atoms with Crippen molar-refractivity contribution in [3.8, 4) is 0 Å². The molecule has 1 atom stereocenters. The molecule has 2 fully saturated rings. The number of carbonyl (C=O) groups is 2. The molecule has 2 aliphatic rings. The maximum absolute atomic E-state index is 12.6. The number of likely N-dealkylation sites (tertiary alicyclic amines) is 1. The molecule has 142 valence electrons. The number of nitrogens with one attached hydrogen (secondary N) is 2. The Morgan fingerprint density at radius 3 is 2.56 bits per heavy atom. The number of hydrogen-bond donors (Lipinski definition) is 2. The van der Waals surface area contributed by atoms with Crippen LogP contribution in [0.1, 0.15) is 34.1 Å². The van der Waals surface area contributed by atoms with E-state index in [2.05, 4.69) is 33.0 Å². The van der Waals surface area contributed by atoms with Crippen LogP contribution >= 0.6 is 11.3 Å². The molecule has 1 aromatic carbocycles. The van der Waals surface area contributed by atoms with E-state index < -0.39 is 0 Å². The summed E-state index contributed by atoms with van der Waals surface area (Å²) in [6.45, 7) is 4.09. The number of carbonyl (C=O) groups excluding carboxylic acids is 2. The number of nitrogens with zero attached hydrogens (tertiary/aromatic N) is 2. The first-order valence-corrected chi connectivity index (χ1v) is 10.3. The third-order valence-corrected chi connectivity index (χ3v) is 6.18. The lowest BCUT2D eigenvalue weighted by molar-refractivity contribution is 0.0938. The van der Waals surface area contributed by atoms with Gasteiger partial charge in [0, 0.05) is 35.8 Å². The predicted octanol–water partition coefficient (Wildman–Crippen LogP) is 2.84. The van der Waals surface area contributed by atoms with Crippen LogP contribution in [-0.2, 0) is 0 Å². The molecule has 0 saturated carbocycles. The molecule has 3 heterocycles. The van der Waals surface area contributed by atoms with Crippen molar-refractivity contribution in [1.29, 1.82) is 0 Å². The SMILES string of the molecule is O=C(NCC(c1cccs1)N1CCCC1)c1ccc(N2CCNC2=O)cc1. The van der Waals surface area contributed by atoms with Crippen molar-refractivity contribution in [2.75, 3.05) is 37.6 Å². The van der Waals surface area contributed by atoms with Gasteiger partial charge in [-0.3, -0.25) is 14.6 Å². The summed E-state index contributed by atoms with van der Waals surface area (Å²) in [6, 6.07) is 11.6. The van der Waals surface area contributed by atoms with E-state index >= 15 is 0 Å². The van der Waals surface area contributed by atoms with Crippen molar-refractivity contribution >= 4 is 29.0 Å².